The van der Waals surface area contributed by atoms with E-state index in [1.807, 2.05) is 11.4 Å². The van der Waals surface area contributed by atoms with E-state index in [1.54, 1.807) is 0 Å². The second-order valence-electron chi connectivity index (χ2n) is 5.32. The Kier molecular flexibility index (Phi) is 3.47. The molecule has 18 heavy (non-hydrogen) atoms. The van der Waals surface area contributed by atoms with Gasteiger partial charge in [-0.2, -0.15) is 0 Å². The fourth-order valence-corrected chi connectivity index (χ4v) is 4.55. The minimum atomic E-state index is 0.0830. The zero-order valence-corrected chi connectivity index (χ0v) is 12.8. The van der Waals surface area contributed by atoms with Gasteiger partial charge < -0.3 is 10.2 Å². The number of rotatable bonds is 2. The quantitative estimate of drug-likeness (QED) is 0.905. The van der Waals surface area contributed by atoms with Crippen molar-refractivity contribution in [2.75, 3.05) is 7.05 Å². The molecule has 1 aromatic heterocycles. The summed E-state index contributed by atoms with van der Waals surface area (Å²) in [6.45, 7) is 0. The average Bonchev–Trinajstić information content (AvgIpc) is 2.82. The van der Waals surface area contributed by atoms with Crippen LogP contribution in [0.25, 0.3) is 0 Å². The Morgan fingerprint density at radius 1 is 1.44 bits per heavy atom. The minimum Gasteiger partial charge on any atom is -0.348 e. The standard InChI is InChI=1S/C13H17BrN2OS/c1-16-10-2-3-11(16)6-9(5-10)15-13(17)12-4-8(14)7-18-12/h4,7,9-11H,2-3,5-6H2,1H3,(H,15,17)/t10-,11-/m0/s1. The monoisotopic (exact) mass is 328 g/mol. The van der Waals surface area contributed by atoms with E-state index in [0.717, 1.165) is 22.2 Å². The molecule has 0 aliphatic carbocycles. The molecule has 2 fully saturated rings. The van der Waals surface area contributed by atoms with E-state index in [0.29, 0.717) is 18.1 Å². The molecule has 0 spiro atoms. The third-order valence-corrected chi connectivity index (χ3v) is 5.91. The van der Waals surface area contributed by atoms with Crippen LogP contribution in [0.3, 0.4) is 0 Å². The topological polar surface area (TPSA) is 32.3 Å². The number of hydrogen-bond acceptors (Lipinski definition) is 3. The lowest BCUT2D eigenvalue weighted by atomic mass is 9.98. The number of hydrogen-bond donors (Lipinski definition) is 1. The molecule has 3 heterocycles. The molecule has 98 valence electrons. The van der Waals surface area contributed by atoms with Gasteiger partial charge in [0.15, 0.2) is 0 Å². The zero-order valence-electron chi connectivity index (χ0n) is 10.4. The first-order valence-corrected chi connectivity index (χ1v) is 8.07. The summed E-state index contributed by atoms with van der Waals surface area (Å²) < 4.78 is 0.987. The van der Waals surface area contributed by atoms with Crippen LogP contribution in [0.5, 0.6) is 0 Å². The van der Waals surface area contributed by atoms with Crippen LogP contribution in [0.15, 0.2) is 15.9 Å². The summed E-state index contributed by atoms with van der Waals surface area (Å²) in [4.78, 5) is 15.4. The highest BCUT2D eigenvalue weighted by Gasteiger charge is 2.38. The highest BCUT2D eigenvalue weighted by atomic mass is 79.9. The number of nitrogens with one attached hydrogen (secondary N) is 1. The van der Waals surface area contributed by atoms with Crippen molar-refractivity contribution in [1.29, 1.82) is 0 Å². The Hall–Kier alpha value is -0.390. The summed E-state index contributed by atoms with van der Waals surface area (Å²) >= 11 is 4.88. The summed E-state index contributed by atoms with van der Waals surface area (Å²) in [5, 5.41) is 5.15. The van der Waals surface area contributed by atoms with Gasteiger partial charge in [0.2, 0.25) is 0 Å². The van der Waals surface area contributed by atoms with Crippen molar-refractivity contribution in [2.24, 2.45) is 0 Å². The van der Waals surface area contributed by atoms with Crippen LogP contribution in [0.4, 0.5) is 0 Å². The zero-order chi connectivity index (χ0) is 12.7. The van der Waals surface area contributed by atoms with Crippen molar-refractivity contribution in [3.8, 4) is 0 Å². The molecular weight excluding hydrogens is 312 g/mol. The van der Waals surface area contributed by atoms with E-state index in [1.165, 1.54) is 24.2 Å². The lowest BCUT2D eigenvalue weighted by Crippen LogP contribution is -2.48. The molecule has 1 amide bonds. The lowest BCUT2D eigenvalue weighted by molar-refractivity contribution is 0.0886. The van der Waals surface area contributed by atoms with Crippen molar-refractivity contribution >= 4 is 33.2 Å². The van der Waals surface area contributed by atoms with Gasteiger partial charge in [-0.25, -0.2) is 0 Å². The third-order valence-electron chi connectivity index (χ3n) is 4.22. The van der Waals surface area contributed by atoms with Gasteiger partial charge in [-0.3, -0.25) is 4.79 Å². The van der Waals surface area contributed by atoms with Crippen molar-refractivity contribution in [2.45, 2.75) is 43.8 Å². The van der Waals surface area contributed by atoms with Crippen molar-refractivity contribution in [1.82, 2.24) is 10.2 Å². The van der Waals surface area contributed by atoms with Gasteiger partial charge in [0.25, 0.3) is 5.91 Å². The van der Waals surface area contributed by atoms with E-state index >= 15 is 0 Å². The third kappa shape index (κ3) is 2.36. The molecule has 2 aliphatic heterocycles. The van der Waals surface area contributed by atoms with E-state index in [2.05, 4.69) is 33.2 Å². The fraction of sp³-hybridized carbons (Fsp3) is 0.615. The maximum Gasteiger partial charge on any atom is 0.261 e. The maximum atomic E-state index is 12.1. The number of nitrogens with zero attached hydrogens (tertiary/aromatic N) is 1. The first-order valence-electron chi connectivity index (χ1n) is 6.40. The van der Waals surface area contributed by atoms with Gasteiger partial charge in [-0.05, 0) is 54.7 Å². The van der Waals surface area contributed by atoms with Gasteiger partial charge in [0.05, 0.1) is 4.88 Å². The summed E-state index contributed by atoms with van der Waals surface area (Å²) in [5.41, 5.74) is 0. The number of carbonyl (C=O) groups excluding carboxylic acids is 1. The van der Waals surface area contributed by atoms with Gasteiger partial charge in [-0.15, -0.1) is 11.3 Å². The first-order chi connectivity index (χ1) is 8.63. The van der Waals surface area contributed by atoms with Gasteiger partial charge >= 0.3 is 0 Å². The molecule has 2 bridgehead atoms. The first kappa shape index (κ1) is 12.6. The molecule has 3 rings (SSSR count). The summed E-state index contributed by atoms with van der Waals surface area (Å²) in [5.74, 6) is 0.0830. The van der Waals surface area contributed by atoms with Crippen LogP contribution in [0, 0.1) is 0 Å². The predicted octanol–water partition coefficient (Wildman–Crippen LogP) is 2.87. The Morgan fingerprint density at radius 2 is 2.11 bits per heavy atom. The second kappa shape index (κ2) is 4.94. The number of piperidine rings is 1. The van der Waals surface area contributed by atoms with E-state index in [9.17, 15) is 4.79 Å². The van der Waals surface area contributed by atoms with Crippen LogP contribution in [0.1, 0.15) is 35.4 Å². The summed E-state index contributed by atoms with van der Waals surface area (Å²) in [6.07, 6.45) is 4.78. The van der Waals surface area contributed by atoms with E-state index in [4.69, 9.17) is 0 Å². The molecule has 3 nitrogen and oxygen atoms in total. The normalized spacial score (nSPS) is 31.6. The minimum absolute atomic E-state index is 0.0830. The highest BCUT2D eigenvalue weighted by Crippen LogP contribution is 2.34. The SMILES string of the molecule is CN1[C@H]2CC[C@H]1CC(NC(=O)c1cc(Br)cs1)C2. The van der Waals surface area contributed by atoms with E-state index in [-0.39, 0.29) is 5.91 Å². The van der Waals surface area contributed by atoms with Gasteiger partial charge in [-0.1, -0.05) is 0 Å². The summed E-state index contributed by atoms with van der Waals surface area (Å²) in [6, 6.07) is 3.59. The number of fused-ring (bicyclic) bond motifs is 2. The molecule has 1 N–H and O–H groups in total. The van der Waals surface area contributed by atoms with Crippen LogP contribution in [0.2, 0.25) is 0 Å². The molecule has 2 aliphatic rings. The van der Waals surface area contributed by atoms with Gasteiger partial charge in [0, 0.05) is 28.0 Å². The average molecular weight is 329 g/mol. The van der Waals surface area contributed by atoms with Crippen LogP contribution in [-0.2, 0) is 0 Å². The van der Waals surface area contributed by atoms with Crippen LogP contribution >= 0.6 is 27.3 Å². The molecule has 0 aromatic carbocycles. The Morgan fingerprint density at radius 3 is 2.67 bits per heavy atom. The molecule has 1 aromatic rings. The second-order valence-corrected chi connectivity index (χ2v) is 7.15. The van der Waals surface area contributed by atoms with Crippen LogP contribution < -0.4 is 5.32 Å². The van der Waals surface area contributed by atoms with Crippen molar-refractivity contribution in [3.63, 3.8) is 0 Å². The smallest absolute Gasteiger partial charge is 0.261 e. The Labute approximate surface area is 120 Å². The Balaban J connectivity index is 1.62. The number of amides is 1. The molecule has 0 saturated carbocycles. The fourth-order valence-electron chi connectivity index (χ4n) is 3.22. The van der Waals surface area contributed by atoms with Crippen molar-refractivity contribution in [3.05, 3.63) is 20.8 Å². The molecule has 2 atom stereocenters. The van der Waals surface area contributed by atoms with Gasteiger partial charge in [0.1, 0.15) is 0 Å². The molecule has 5 heteroatoms. The summed E-state index contributed by atoms with van der Waals surface area (Å²) in [7, 11) is 2.22. The largest absolute Gasteiger partial charge is 0.348 e. The predicted molar refractivity (Wildman–Crippen MR) is 77.1 cm³/mol. The number of carbonyl (C=O) groups is 1. The van der Waals surface area contributed by atoms with Crippen molar-refractivity contribution < 1.29 is 4.79 Å². The lowest BCUT2D eigenvalue weighted by Gasteiger charge is -2.36. The highest BCUT2D eigenvalue weighted by molar-refractivity contribution is 9.10. The van der Waals surface area contributed by atoms with E-state index < -0.39 is 0 Å². The molecule has 0 radical (unpaired) electrons. The molecule has 2 saturated heterocycles. The van der Waals surface area contributed by atoms with Crippen LogP contribution in [-0.4, -0.2) is 36.0 Å². The molecular formula is C13H17BrN2OS. The molecule has 0 unspecified atom stereocenters. The maximum absolute atomic E-state index is 12.1. The Bertz CT molecular complexity index is 448. The number of halogens is 1. The number of thiophene rings is 1.